The van der Waals surface area contributed by atoms with Crippen LogP contribution in [0, 0.1) is 5.82 Å². The lowest BCUT2D eigenvalue weighted by atomic mass is 10.0. The second kappa shape index (κ2) is 14.4. The maximum absolute atomic E-state index is 14.3. The van der Waals surface area contributed by atoms with E-state index >= 15 is 0 Å². The molecular formula is C33H33BrFN3O4S. The van der Waals surface area contributed by atoms with Crippen molar-refractivity contribution in [2.45, 2.75) is 43.8 Å². The van der Waals surface area contributed by atoms with E-state index in [1.165, 1.54) is 29.2 Å². The second-order valence-electron chi connectivity index (χ2n) is 10.3. The van der Waals surface area contributed by atoms with Crippen molar-refractivity contribution in [3.8, 4) is 0 Å². The van der Waals surface area contributed by atoms with Gasteiger partial charge in [0.25, 0.3) is 10.0 Å². The van der Waals surface area contributed by atoms with Gasteiger partial charge in [-0.05, 0) is 73.5 Å². The van der Waals surface area contributed by atoms with E-state index in [4.69, 9.17) is 0 Å². The van der Waals surface area contributed by atoms with Crippen molar-refractivity contribution in [3.05, 3.63) is 131 Å². The average Bonchev–Trinajstić information content (AvgIpc) is 2.98. The summed E-state index contributed by atoms with van der Waals surface area (Å²) in [6, 6.07) is 28.2. The van der Waals surface area contributed by atoms with Gasteiger partial charge in [0.05, 0.1) is 10.6 Å². The summed E-state index contributed by atoms with van der Waals surface area (Å²) in [4.78, 5) is 29.4. The Labute approximate surface area is 260 Å². The Balaban J connectivity index is 1.79. The standard InChI is InChI=1S/C33H33BrFN3O4S/c1-24(2)36-33(40)31(21-25-10-5-3-6-11-25)37(22-26-12-9-13-27(34)20-26)32(39)23-38(29-18-16-28(35)17-19-29)43(41,42)30-14-7-4-8-15-30/h3-20,24,31H,21-23H2,1-2H3,(H,36,40). The molecule has 2 amide bonds. The Bertz CT molecular complexity index is 1640. The molecular weight excluding hydrogens is 633 g/mol. The van der Waals surface area contributed by atoms with Crippen molar-refractivity contribution in [1.29, 1.82) is 0 Å². The van der Waals surface area contributed by atoms with Crippen LogP contribution in [0.15, 0.2) is 119 Å². The molecule has 0 radical (unpaired) electrons. The van der Waals surface area contributed by atoms with Gasteiger partial charge in [0.1, 0.15) is 18.4 Å². The SMILES string of the molecule is CC(C)NC(=O)C(Cc1ccccc1)N(Cc1cccc(Br)c1)C(=O)CN(c1ccc(F)cc1)S(=O)(=O)c1ccccc1. The van der Waals surface area contributed by atoms with Gasteiger partial charge >= 0.3 is 0 Å². The first kappa shape index (κ1) is 31.9. The van der Waals surface area contributed by atoms with Gasteiger partial charge in [0.15, 0.2) is 0 Å². The molecule has 0 spiro atoms. The molecule has 1 unspecified atom stereocenters. The molecule has 1 atom stereocenters. The number of hydrogen-bond donors (Lipinski definition) is 1. The van der Waals surface area contributed by atoms with E-state index in [-0.39, 0.29) is 35.5 Å². The molecule has 0 heterocycles. The third-order valence-electron chi connectivity index (χ3n) is 6.67. The highest BCUT2D eigenvalue weighted by Gasteiger charge is 2.34. The Hall–Kier alpha value is -4.02. The van der Waals surface area contributed by atoms with Gasteiger partial charge in [-0.15, -0.1) is 0 Å². The summed E-state index contributed by atoms with van der Waals surface area (Å²) in [5.74, 6) is -1.50. The van der Waals surface area contributed by atoms with Crippen LogP contribution in [-0.2, 0) is 32.6 Å². The molecule has 0 fully saturated rings. The Kier molecular flexibility index (Phi) is 10.7. The molecule has 4 aromatic carbocycles. The molecule has 0 bridgehead atoms. The molecule has 4 rings (SSSR count). The fraction of sp³-hybridized carbons (Fsp3) is 0.212. The molecule has 0 saturated carbocycles. The largest absolute Gasteiger partial charge is 0.352 e. The van der Waals surface area contributed by atoms with Crippen molar-refractivity contribution in [2.75, 3.05) is 10.8 Å². The third-order valence-corrected chi connectivity index (χ3v) is 8.95. The smallest absolute Gasteiger partial charge is 0.264 e. The van der Waals surface area contributed by atoms with Gasteiger partial charge in [-0.1, -0.05) is 76.6 Å². The normalized spacial score (nSPS) is 12.0. The summed E-state index contributed by atoms with van der Waals surface area (Å²) >= 11 is 3.47. The van der Waals surface area contributed by atoms with Crippen LogP contribution in [0.3, 0.4) is 0 Å². The topological polar surface area (TPSA) is 86.8 Å². The summed E-state index contributed by atoms with van der Waals surface area (Å²) in [6.45, 7) is 3.10. The lowest BCUT2D eigenvalue weighted by Gasteiger charge is -2.34. The van der Waals surface area contributed by atoms with Gasteiger partial charge in [-0.25, -0.2) is 12.8 Å². The molecule has 1 N–H and O–H groups in total. The molecule has 10 heteroatoms. The summed E-state index contributed by atoms with van der Waals surface area (Å²) in [7, 11) is -4.24. The minimum atomic E-state index is -4.24. The number of benzene rings is 4. The van der Waals surface area contributed by atoms with Crippen LogP contribution in [0.2, 0.25) is 0 Å². The van der Waals surface area contributed by atoms with E-state index in [1.54, 1.807) is 18.2 Å². The number of rotatable bonds is 12. The quantitative estimate of drug-likeness (QED) is 0.203. The van der Waals surface area contributed by atoms with Crippen LogP contribution in [0.5, 0.6) is 0 Å². The molecule has 43 heavy (non-hydrogen) atoms. The molecule has 224 valence electrons. The van der Waals surface area contributed by atoms with Gasteiger partial charge in [0.2, 0.25) is 11.8 Å². The molecule has 0 saturated heterocycles. The highest BCUT2D eigenvalue weighted by Crippen LogP contribution is 2.25. The maximum Gasteiger partial charge on any atom is 0.264 e. The number of amides is 2. The second-order valence-corrected chi connectivity index (χ2v) is 13.1. The van der Waals surface area contributed by atoms with Crippen LogP contribution >= 0.6 is 15.9 Å². The lowest BCUT2D eigenvalue weighted by molar-refractivity contribution is -0.140. The van der Waals surface area contributed by atoms with Gasteiger partial charge < -0.3 is 10.2 Å². The predicted octanol–water partition coefficient (Wildman–Crippen LogP) is 5.95. The highest BCUT2D eigenvalue weighted by atomic mass is 79.9. The minimum Gasteiger partial charge on any atom is -0.352 e. The number of anilines is 1. The van der Waals surface area contributed by atoms with Crippen LogP contribution < -0.4 is 9.62 Å². The van der Waals surface area contributed by atoms with Crippen LogP contribution in [0.1, 0.15) is 25.0 Å². The number of carbonyl (C=O) groups is 2. The summed E-state index contributed by atoms with van der Waals surface area (Å²) in [6.07, 6.45) is 0.209. The minimum absolute atomic E-state index is 0.0240. The highest BCUT2D eigenvalue weighted by molar-refractivity contribution is 9.10. The number of nitrogens with one attached hydrogen (secondary N) is 1. The van der Waals surface area contributed by atoms with Crippen LogP contribution in [0.25, 0.3) is 0 Å². The predicted molar refractivity (Wildman–Crippen MR) is 169 cm³/mol. The monoisotopic (exact) mass is 665 g/mol. The summed E-state index contributed by atoms with van der Waals surface area (Å²) in [5.41, 5.74) is 1.70. The number of halogens is 2. The Morgan fingerprint density at radius 3 is 2.05 bits per heavy atom. The third kappa shape index (κ3) is 8.52. The molecule has 4 aromatic rings. The van der Waals surface area contributed by atoms with Crippen molar-refractivity contribution in [2.24, 2.45) is 0 Å². The average molecular weight is 667 g/mol. The Morgan fingerprint density at radius 2 is 1.44 bits per heavy atom. The van der Waals surface area contributed by atoms with E-state index in [0.29, 0.717) is 0 Å². The van der Waals surface area contributed by atoms with Crippen molar-refractivity contribution < 1.29 is 22.4 Å². The van der Waals surface area contributed by atoms with E-state index in [9.17, 15) is 22.4 Å². The number of hydrogen-bond acceptors (Lipinski definition) is 4. The zero-order valence-electron chi connectivity index (χ0n) is 23.9. The number of carbonyl (C=O) groups excluding carboxylic acids is 2. The van der Waals surface area contributed by atoms with Gasteiger partial charge in [-0.2, -0.15) is 0 Å². The number of sulfonamides is 1. The van der Waals surface area contributed by atoms with Gasteiger partial charge in [-0.3, -0.25) is 13.9 Å². The van der Waals surface area contributed by atoms with Crippen molar-refractivity contribution >= 4 is 43.5 Å². The lowest BCUT2D eigenvalue weighted by Crippen LogP contribution is -2.54. The first-order chi connectivity index (χ1) is 20.5. The fourth-order valence-corrected chi connectivity index (χ4v) is 6.50. The zero-order chi connectivity index (χ0) is 31.0. The fourth-order valence-electron chi connectivity index (χ4n) is 4.62. The molecule has 0 aliphatic carbocycles. The zero-order valence-corrected chi connectivity index (χ0v) is 26.3. The van der Waals surface area contributed by atoms with E-state index in [2.05, 4.69) is 21.2 Å². The van der Waals surface area contributed by atoms with Crippen molar-refractivity contribution in [3.63, 3.8) is 0 Å². The van der Waals surface area contributed by atoms with Gasteiger partial charge in [0, 0.05) is 23.5 Å². The van der Waals surface area contributed by atoms with Crippen LogP contribution in [0.4, 0.5) is 10.1 Å². The first-order valence-corrected chi connectivity index (χ1v) is 16.0. The van der Waals surface area contributed by atoms with E-state index in [1.807, 2.05) is 68.4 Å². The first-order valence-electron chi connectivity index (χ1n) is 13.8. The number of nitrogens with zero attached hydrogens (tertiary/aromatic N) is 2. The van der Waals surface area contributed by atoms with Crippen LogP contribution in [-0.4, -0.2) is 43.8 Å². The summed E-state index contributed by atoms with van der Waals surface area (Å²) in [5, 5.41) is 2.93. The maximum atomic E-state index is 14.3. The molecule has 0 aliphatic heterocycles. The molecule has 0 aliphatic rings. The molecule has 7 nitrogen and oxygen atoms in total. The Morgan fingerprint density at radius 1 is 0.837 bits per heavy atom. The summed E-state index contributed by atoms with van der Waals surface area (Å²) < 4.78 is 43.4. The van der Waals surface area contributed by atoms with E-state index < -0.39 is 34.3 Å². The molecule has 0 aromatic heterocycles. The van der Waals surface area contributed by atoms with Crippen molar-refractivity contribution in [1.82, 2.24) is 10.2 Å². The van der Waals surface area contributed by atoms with E-state index in [0.717, 1.165) is 32.0 Å².